The number of esters is 1. The molecule has 5 rings (SSSR count). The lowest BCUT2D eigenvalue weighted by Crippen LogP contribution is -2.70. The largest absolute Gasteiger partial charge is 0.481 e. The molecule has 1 saturated carbocycles. The third-order valence-electron chi connectivity index (χ3n) is 6.89. The van der Waals surface area contributed by atoms with E-state index in [4.69, 9.17) is 29.1 Å². The summed E-state index contributed by atoms with van der Waals surface area (Å²) < 4.78 is 17.8. The van der Waals surface area contributed by atoms with E-state index in [9.17, 15) is 9.59 Å². The molecule has 0 aromatic heterocycles. The van der Waals surface area contributed by atoms with E-state index in [1.54, 1.807) is 0 Å². The summed E-state index contributed by atoms with van der Waals surface area (Å²) in [6, 6.07) is 0. The Balaban J connectivity index is 1.58. The number of carboxylic acid groups (broad SMARTS) is 1. The summed E-state index contributed by atoms with van der Waals surface area (Å²) in [6.45, 7) is 6.06. The highest BCUT2D eigenvalue weighted by Gasteiger charge is 2.69. The molecule has 27 heavy (non-hydrogen) atoms. The Hall–Kier alpha value is -1.22. The predicted octanol–water partition coefficient (Wildman–Crippen LogP) is 2.60. The number of aliphatic carboxylic acids is 1. The molecule has 4 heterocycles. The number of rotatable bonds is 4. The van der Waals surface area contributed by atoms with Gasteiger partial charge in [-0.1, -0.05) is 13.8 Å². The van der Waals surface area contributed by atoms with Crippen LogP contribution in [0.1, 0.15) is 59.3 Å². The Kier molecular flexibility index (Phi) is 4.73. The number of fused-ring (bicyclic) bond motifs is 2. The van der Waals surface area contributed by atoms with Gasteiger partial charge < -0.3 is 19.3 Å². The van der Waals surface area contributed by atoms with E-state index in [1.165, 1.54) is 0 Å². The maximum atomic E-state index is 12.1. The van der Waals surface area contributed by atoms with E-state index in [0.29, 0.717) is 12.3 Å². The minimum absolute atomic E-state index is 0.0670. The number of hydrogen-bond acceptors (Lipinski definition) is 7. The van der Waals surface area contributed by atoms with Crippen LogP contribution in [0, 0.1) is 23.7 Å². The molecular weight excluding hydrogens is 356 g/mol. The molecule has 0 unspecified atom stereocenters. The normalized spacial score (nSPS) is 48.4. The van der Waals surface area contributed by atoms with Crippen LogP contribution in [-0.4, -0.2) is 41.0 Å². The topological polar surface area (TPSA) is 101 Å². The molecule has 8 nitrogen and oxygen atoms in total. The van der Waals surface area contributed by atoms with Gasteiger partial charge in [-0.3, -0.25) is 9.59 Å². The average Bonchev–Trinajstić information content (AvgIpc) is 2.84. The van der Waals surface area contributed by atoms with Gasteiger partial charge >= 0.3 is 11.9 Å². The van der Waals surface area contributed by atoms with Crippen LogP contribution in [0.5, 0.6) is 0 Å². The SMILES string of the molecule is C[C@@H]1[C@H](OC(=O)CCC(=O)O)O[C@@H]2O[C@@]3(C)CC[C@@H]4[C@H](C)CC[C@H]1[C@@]24OO3. The second-order valence-corrected chi connectivity index (χ2v) is 8.66. The van der Waals surface area contributed by atoms with Crippen LogP contribution in [0.15, 0.2) is 0 Å². The zero-order valence-electron chi connectivity index (χ0n) is 16.0. The summed E-state index contributed by atoms with van der Waals surface area (Å²) in [5.41, 5.74) is -0.697. The lowest BCUT2D eigenvalue weighted by Gasteiger charge is -2.59. The van der Waals surface area contributed by atoms with Crippen molar-refractivity contribution in [1.82, 2.24) is 0 Å². The molecule has 1 spiro atoms. The second kappa shape index (κ2) is 6.69. The zero-order valence-corrected chi connectivity index (χ0v) is 16.0. The van der Waals surface area contributed by atoms with Gasteiger partial charge in [0.25, 0.3) is 0 Å². The summed E-state index contributed by atoms with van der Waals surface area (Å²) in [5.74, 6) is -1.82. The van der Waals surface area contributed by atoms with Crippen LogP contribution in [0.2, 0.25) is 0 Å². The Labute approximate surface area is 158 Å². The van der Waals surface area contributed by atoms with Crippen molar-refractivity contribution in [1.29, 1.82) is 0 Å². The molecule has 5 fully saturated rings. The molecule has 0 amide bonds. The zero-order chi connectivity index (χ0) is 19.4. The van der Waals surface area contributed by atoms with Crippen LogP contribution >= 0.6 is 0 Å². The van der Waals surface area contributed by atoms with E-state index in [1.807, 2.05) is 13.8 Å². The van der Waals surface area contributed by atoms with Crippen molar-refractivity contribution in [3.8, 4) is 0 Å². The summed E-state index contributed by atoms with van der Waals surface area (Å²) in [5, 5.41) is 8.76. The van der Waals surface area contributed by atoms with Crippen molar-refractivity contribution in [2.24, 2.45) is 23.7 Å². The molecule has 8 heteroatoms. The molecule has 0 aromatic rings. The monoisotopic (exact) mass is 384 g/mol. The fraction of sp³-hybridized carbons (Fsp3) is 0.895. The minimum atomic E-state index is -1.03. The first kappa shape index (κ1) is 19.1. The number of carbonyl (C=O) groups is 2. The maximum Gasteiger partial charge on any atom is 0.308 e. The molecule has 152 valence electrons. The standard InChI is InChI=1S/C19H28O8/c1-10-4-5-13-11(2)16(23-15(22)7-6-14(20)21)24-17-19(13)12(10)8-9-18(3,25-17)26-27-19/h10-13,16-17H,4-9H2,1-3H3,(H,20,21)/t10-,11+,12-,13-,16-,17-,18-,19-/m1/s1. The van der Waals surface area contributed by atoms with Crippen molar-refractivity contribution >= 4 is 11.9 Å². The van der Waals surface area contributed by atoms with Gasteiger partial charge in [0.05, 0.1) is 12.8 Å². The summed E-state index contributed by atoms with van der Waals surface area (Å²) in [4.78, 5) is 34.5. The maximum absolute atomic E-state index is 12.1. The Morgan fingerprint density at radius 1 is 1.11 bits per heavy atom. The predicted molar refractivity (Wildman–Crippen MR) is 89.8 cm³/mol. The fourth-order valence-corrected chi connectivity index (χ4v) is 5.40. The Morgan fingerprint density at radius 3 is 2.63 bits per heavy atom. The highest BCUT2D eigenvalue weighted by Crippen LogP contribution is 2.60. The third kappa shape index (κ3) is 3.06. The lowest BCUT2D eigenvalue weighted by molar-refractivity contribution is -0.576. The van der Waals surface area contributed by atoms with Crippen LogP contribution in [0.25, 0.3) is 0 Å². The van der Waals surface area contributed by atoms with Crippen molar-refractivity contribution < 1.29 is 38.7 Å². The lowest BCUT2D eigenvalue weighted by atomic mass is 9.58. The van der Waals surface area contributed by atoms with Gasteiger partial charge in [0.2, 0.25) is 12.1 Å². The first-order chi connectivity index (χ1) is 12.7. The van der Waals surface area contributed by atoms with Crippen LogP contribution in [0.3, 0.4) is 0 Å². The van der Waals surface area contributed by atoms with E-state index < -0.39 is 35.9 Å². The minimum Gasteiger partial charge on any atom is -0.481 e. The van der Waals surface area contributed by atoms with Gasteiger partial charge in [0.15, 0.2) is 11.9 Å². The van der Waals surface area contributed by atoms with Gasteiger partial charge in [-0.2, -0.15) is 0 Å². The first-order valence-corrected chi connectivity index (χ1v) is 9.86. The molecule has 1 N–H and O–H groups in total. The summed E-state index contributed by atoms with van der Waals surface area (Å²) in [6.07, 6.45) is 1.72. The van der Waals surface area contributed by atoms with Gasteiger partial charge in [-0.05, 0) is 38.0 Å². The summed E-state index contributed by atoms with van der Waals surface area (Å²) in [7, 11) is 0. The van der Waals surface area contributed by atoms with Crippen LogP contribution in [-0.2, 0) is 33.6 Å². The quantitative estimate of drug-likeness (QED) is 0.583. The number of carbonyl (C=O) groups excluding carboxylic acids is 1. The second-order valence-electron chi connectivity index (χ2n) is 8.66. The molecule has 0 radical (unpaired) electrons. The number of hydrogen-bond donors (Lipinski definition) is 1. The molecule has 8 atom stereocenters. The van der Waals surface area contributed by atoms with Crippen molar-refractivity contribution in [3.05, 3.63) is 0 Å². The van der Waals surface area contributed by atoms with E-state index >= 15 is 0 Å². The Bertz CT molecular complexity index is 623. The molecule has 2 bridgehead atoms. The van der Waals surface area contributed by atoms with Crippen LogP contribution < -0.4 is 0 Å². The van der Waals surface area contributed by atoms with Crippen molar-refractivity contribution in [2.75, 3.05) is 0 Å². The molecule has 4 saturated heterocycles. The highest BCUT2D eigenvalue weighted by atomic mass is 17.3. The molecule has 1 aliphatic carbocycles. The van der Waals surface area contributed by atoms with E-state index in [2.05, 4.69) is 6.92 Å². The average molecular weight is 384 g/mol. The fourth-order valence-electron chi connectivity index (χ4n) is 5.40. The van der Waals surface area contributed by atoms with Gasteiger partial charge in [0.1, 0.15) is 0 Å². The van der Waals surface area contributed by atoms with Crippen molar-refractivity contribution in [3.63, 3.8) is 0 Å². The third-order valence-corrected chi connectivity index (χ3v) is 6.89. The molecular formula is C19H28O8. The molecule has 0 aromatic carbocycles. The first-order valence-electron chi connectivity index (χ1n) is 9.86. The summed E-state index contributed by atoms with van der Waals surface area (Å²) >= 11 is 0. The van der Waals surface area contributed by atoms with Gasteiger partial charge in [0, 0.05) is 18.3 Å². The highest BCUT2D eigenvalue weighted by molar-refractivity contribution is 5.76. The van der Waals surface area contributed by atoms with Gasteiger partial charge in [-0.25, -0.2) is 9.78 Å². The van der Waals surface area contributed by atoms with Crippen LogP contribution in [0.4, 0.5) is 0 Å². The van der Waals surface area contributed by atoms with E-state index in [-0.39, 0.29) is 30.6 Å². The van der Waals surface area contributed by atoms with E-state index in [0.717, 1.165) is 19.3 Å². The Morgan fingerprint density at radius 2 is 1.89 bits per heavy atom. The molecule has 4 aliphatic heterocycles. The number of carboxylic acids is 1. The molecule has 5 aliphatic rings. The van der Waals surface area contributed by atoms with Crippen molar-refractivity contribution in [2.45, 2.75) is 83.3 Å². The van der Waals surface area contributed by atoms with Gasteiger partial charge in [-0.15, -0.1) is 0 Å². The smallest absolute Gasteiger partial charge is 0.308 e. The number of ether oxygens (including phenoxy) is 3.